The van der Waals surface area contributed by atoms with Crippen molar-refractivity contribution in [3.05, 3.63) is 29.3 Å². The van der Waals surface area contributed by atoms with Crippen molar-refractivity contribution in [2.24, 2.45) is 11.7 Å². The van der Waals surface area contributed by atoms with Crippen LogP contribution in [0, 0.1) is 12.8 Å². The molecule has 0 bridgehead atoms. The van der Waals surface area contributed by atoms with Crippen LogP contribution in [0.15, 0.2) is 18.2 Å². The molecule has 1 atom stereocenters. The Labute approximate surface area is 79.9 Å². The van der Waals surface area contributed by atoms with Gasteiger partial charge in [0.25, 0.3) is 0 Å². The maximum Gasteiger partial charge on any atom is 0.0320 e. The Morgan fingerprint density at radius 2 is 1.77 bits per heavy atom. The highest BCUT2D eigenvalue weighted by molar-refractivity contribution is 5.45. The van der Waals surface area contributed by atoms with Crippen LogP contribution in [0.2, 0.25) is 0 Å². The average molecular weight is 178 g/mol. The third kappa shape index (κ3) is 2.46. The lowest BCUT2D eigenvalue weighted by molar-refractivity contribution is 0.514. The Kier molecular flexibility index (Phi) is 2.94. The monoisotopic (exact) mass is 178 g/mol. The topological polar surface area (TPSA) is 52.0 Å². The molecule has 0 unspecified atom stereocenters. The van der Waals surface area contributed by atoms with Gasteiger partial charge in [0.1, 0.15) is 0 Å². The van der Waals surface area contributed by atoms with Gasteiger partial charge in [0.2, 0.25) is 0 Å². The molecule has 0 fully saturated rings. The van der Waals surface area contributed by atoms with E-state index in [-0.39, 0.29) is 6.04 Å². The number of hydrogen-bond acceptors (Lipinski definition) is 2. The van der Waals surface area contributed by atoms with E-state index in [0.717, 1.165) is 11.3 Å². The van der Waals surface area contributed by atoms with Gasteiger partial charge in [-0.3, -0.25) is 0 Å². The van der Waals surface area contributed by atoms with E-state index in [1.807, 2.05) is 19.1 Å². The zero-order valence-electron chi connectivity index (χ0n) is 8.54. The van der Waals surface area contributed by atoms with Crippen LogP contribution in [-0.4, -0.2) is 0 Å². The van der Waals surface area contributed by atoms with Crippen LogP contribution >= 0.6 is 0 Å². The van der Waals surface area contributed by atoms with Crippen LogP contribution in [0.25, 0.3) is 0 Å². The van der Waals surface area contributed by atoms with Crippen LogP contribution < -0.4 is 11.5 Å². The van der Waals surface area contributed by atoms with E-state index < -0.39 is 0 Å². The van der Waals surface area contributed by atoms with Gasteiger partial charge in [-0.25, -0.2) is 0 Å². The summed E-state index contributed by atoms with van der Waals surface area (Å²) >= 11 is 0. The highest BCUT2D eigenvalue weighted by Crippen LogP contribution is 2.22. The van der Waals surface area contributed by atoms with Crippen molar-refractivity contribution in [2.45, 2.75) is 26.8 Å². The summed E-state index contributed by atoms with van der Waals surface area (Å²) in [6, 6.07) is 6.09. The van der Waals surface area contributed by atoms with Gasteiger partial charge >= 0.3 is 0 Å². The maximum absolute atomic E-state index is 6.02. The molecule has 1 rings (SSSR count). The fourth-order valence-electron chi connectivity index (χ4n) is 1.42. The molecule has 0 spiro atoms. The Hall–Kier alpha value is -1.02. The second-order valence-electron chi connectivity index (χ2n) is 3.95. The lowest BCUT2D eigenvalue weighted by Crippen LogP contribution is -2.16. The summed E-state index contributed by atoms with van der Waals surface area (Å²) in [5.74, 6) is 0.446. The standard InChI is InChI=1S/C11H18N2/c1-7(2)11(13)9-4-8(3)5-10(12)6-9/h4-7,11H,12-13H2,1-3H3/t11-/m1/s1. The minimum Gasteiger partial charge on any atom is -0.399 e. The van der Waals surface area contributed by atoms with Crippen molar-refractivity contribution >= 4 is 5.69 Å². The van der Waals surface area contributed by atoms with Gasteiger partial charge in [0.15, 0.2) is 0 Å². The Morgan fingerprint density at radius 1 is 1.15 bits per heavy atom. The zero-order valence-corrected chi connectivity index (χ0v) is 8.54. The first-order valence-electron chi connectivity index (χ1n) is 4.63. The summed E-state index contributed by atoms with van der Waals surface area (Å²) in [7, 11) is 0. The molecular weight excluding hydrogens is 160 g/mol. The highest BCUT2D eigenvalue weighted by atomic mass is 14.6. The normalized spacial score (nSPS) is 13.3. The summed E-state index contributed by atoms with van der Waals surface area (Å²) in [6.45, 7) is 6.26. The zero-order chi connectivity index (χ0) is 10.0. The molecule has 0 aliphatic carbocycles. The van der Waals surface area contributed by atoms with E-state index >= 15 is 0 Å². The smallest absolute Gasteiger partial charge is 0.0320 e. The first-order valence-corrected chi connectivity index (χ1v) is 4.63. The molecule has 4 N–H and O–H groups in total. The van der Waals surface area contributed by atoms with Gasteiger partial charge < -0.3 is 11.5 Å². The average Bonchev–Trinajstić information content (AvgIpc) is 2.01. The second-order valence-corrected chi connectivity index (χ2v) is 3.95. The molecule has 0 heterocycles. The highest BCUT2D eigenvalue weighted by Gasteiger charge is 2.10. The number of benzene rings is 1. The number of nitrogen functional groups attached to an aromatic ring is 1. The van der Waals surface area contributed by atoms with Crippen LogP contribution in [0.3, 0.4) is 0 Å². The van der Waals surface area contributed by atoms with E-state index in [4.69, 9.17) is 11.5 Å². The molecule has 0 radical (unpaired) electrons. The quantitative estimate of drug-likeness (QED) is 0.682. The van der Waals surface area contributed by atoms with Crippen molar-refractivity contribution in [1.29, 1.82) is 0 Å². The Balaban J connectivity index is 3.01. The molecule has 72 valence electrons. The predicted molar refractivity (Wildman–Crippen MR) is 57.4 cm³/mol. The van der Waals surface area contributed by atoms with E-state index in [0.29, 0.717) is 5.92 Å². The molecule has 0 saturated heterocycles. The van der Waals surface area contributed by atoms with Gasteiger partial charge in [-0.1, -0.05) is 19.9 Å². The molecule has 0 aliphatic rings. The van der Waals surface area contributed by atoms with Crippen molar-refractivity contribution in [3.8, 4) is 0 Å². The predicted octanol–water partition coefficient (Wildman–Crippen LogP) is 2.23. The maximum atomic E-state index is 6.02. The van der Waals surface area contributed by atoms with Crippen molar-refractivity contribution in [2.75, 3.05) is 5.73 Å². The van der Waals surface area contributed by atoms with E-state index in [1.54, 1.807) is 0 Å². The van der Waals surface area contributed by atoms with Crippen molar-refractivity contribution < 1.29 is 0 Å². The fourth-order valence-corrected chi connectivity index (χ4v) is 1.42. The van der Waals surface area contributed by atoms with Gasteiger partial charge in [-0.05, 0) is 36.1 Å². The van der Waals surface area contributed by atoms with E-state index in [1.165, 1.54) is 5.56 Å². The van der Waals surface area contributed by atoms with Gasteiger partial charge in [-0.15, -0.1) is 0 Å². The van der Waals surface area contributed by atoms with Crippen LogP contribution in [0.4, 0.5) is 5.69 Å². The number of hydrogen-bond donors (Lipinski definition) is 2. The number of aryl methyl sites for hydroxylation is 1. The number of rotatable bonds is 2. The van der Waals surface area contributed by atoms with Crippen LogP contribution in [-0.2, 0) is 0 Å². The number of anilines is 1. The van der Waals surface area contributed by atoms with Gasteiger partial charge in [-0.2, -0.15) is 0 Å². The van der Waals surface area contributed by atoms with Crippen molar-refractivity contribution in [1.82, 2.24) is 0 Å². The molecule has 0 aromatic heterocycles. The lowest BCUT2D eigenvalue weighted by atomic mass is 9.95. The summed E-state index contributed by atoms with van der Waals surface area (Å²) < 4.78 is 0. The van der Waals surface area contributed by atoms with Crippen LogP contribution in [0.5, 0.6) is 0 Å². The third-order valence-corrected chi connectivity index (χ3v) is 2.23. The first-order chi connectivity index (χ1) is 6.00. The summed E-state index contributed by atoms with van der Waals surface area (Å²) in [5.41, 5.74) is 14.9. The molecule has 0 amide bonds. The lowest BCUT2D eigenvalue weighted by Gasteiger charge is -2.17. The number of nitrogens with two attached hydrogens (primary N) is 2. The molecule has 13 heavy (non-hydrogen) atoms. The van der Waals surface area contributed by atoms with E-state index in [2.05, 4.69) is 19.9 Å². The molecule has 2 heteroatoms. The minimum atomic E-state index is 0.0854. The Morgan fingerprint density at radius 3 is 2.23 bits per heavy atom. The van der Waals surface area contributed by atoms with Gasteiger partial charge in [0, 0.05) is 11.7 Å². The minimum absolute atomic E-state index is 0.0854. The van der Waals surface area contributed by atoms with Crippen LogP contribution in [0.1, 0.15) is 31.0 Å². The first kappa shape index (κ1) is 10.1. The molecule has 2 nitrogen and oxygen atoms in total. The molecular formula is C11H18N2. The fraction of sp³-hybridized carbons (Fsp3) is 0.455. The molecule has 0 aliphatic heterocycles. The SMILES string of the molecule is Cc1cc(N)cc([C@H](N)C(C)C)c1. The summed E-state index contributed by atoms with van der Waals surface area (Å²) in [6.07, 6.45) is 0. The molecule has 1 aromatic carbocycles. The second kappa shape index (κ2) is 3.79. The summed E-state index contributed by atoms with van der Waals surface area (Å²) in [5, 5.41) is 0. The third-order valence-electron chi connectivity index (χ3n) is 2.23. The summed E-state index contributed by atoms with van der Waals surface area (Å²) in [4.78, 5) is 0. The largest absolute Gasteiger partial charge is 0.399 e. The molecule has 1 aromatic rings. The molecule has 0 saturated carbocycles. The van der Waals surface area contributed by atoms with Gasteiger partial charge in [0.05, 0.1) is 0 Å². The van der Waals surface area contributed by atoms with Crippen molar-refractivity contribution in [3.63, 3.8) is 0 Å². The van der Waals surface area contributed by atoms with E-state index in [9.17, 15) is 0 Å². The Bertz CT molecular complexity index is 272.